The van der Waals surface area contributed by atoms with Crippen LogP contribution >= 0.6 is 23.5 Å². The molecule has 1 heterocycles. The molecule has 1 amide bonds. The third-order valence-corrected chi connectivity index (χ3v) is 8.31. The van der Waals surface area contributed by atoms with Gasteiger partial charge in [-0.15, -0.1) is 11.8 Å². The SMILES string of the molecule is C[C@H](CSC(=O)c1ccccc1)C(=O)N1C(c2cccc(OCc3ccccc3)c2)SC[C@H]1C(=O)O. The van der Waals surface area contributed by atoms with E-state index < -0.39 is 23.3 Å². The van der Waals surface area contributed by atoms with Crippen molar-refractivity contribution in [2.24, 2.45) is 5.92 Å². The number of rotatable bonds is 9. The minimum atomic E-state index is -1.03. The predicted octanol–water partition coefficient (Wildman–Crippen LogP) is 5.50. The van der Waals surface area contributed by atoms with Crippen molar-refractivity contribution in [3.63, 3.8) is 0 Å². The highest BCUT2D eigenvalue weighted by Crippen LogP contribution is 2.43. The average Bonchev–Trinajstić information content (AvgIpc) is 3.37. The van der Waals surface area contributed by atoms with Gasteiger partial charge < -0.3 is 14.7 Å². The van der Waals surface area contributed by atoms with E-state index in [4.69, 9.17) is 4.74 Å². The molecule has 3 atom stereocenters. The molecule has 1 aliphatic rings. The van der Waals surface area contributed by atoms with Crippen molar-refractivity contribution in [2.75, 3.05) is 11.5 Å². The number of carboxylic acids is 1. The molecule has 0 bridgehead atoms. The molecule has 1 fully saturated rings. The lowest BCUT2D eigenvalue weighted by Gasteiger charge is -2.30. The van der Waals surface area contributed by atoms with E-state index in [1.54, 1.807) is 31.2 Å². The lowest BCUT2D eigenvalue weighted by Crippen LogP contribution is -2.45. The third-order valence-electron chi connectivity index (χ3n) is 5.83. The molecular formula is C28H27NO5S2. The second kappa shape index (κ2) is 12.1. The Balaban J connectivity index is 1.46. The molecule has 8 heteroatoms. The third kappa shape index (κ3) is 6.30. The van der Waals surface area contributed by atoms with Gasteiger partial charge in [0.2, 0.25) is 11.0 Å². The number of nitrogens with zero attached hydrogens (tertiary/aromatic N) is 1. The Hall–Kier alpha value is -3.23. The Morgan fingerprint density at radius 3 is 2.42 bits per heavy atom. The van der Waals surface area contributed by atoms with Crippen LogP contribution < -0.4 is 4.74 Å². The first-order valence-corrected chi connectivity index (χ1v) is 13.6. The van der Waals surface area contributed by atoms with Crippen LogP contribution in [-0.4, -0.2) is 44.5 Å². The van der Waals surface area contributed by atoms with E-state index in [1.807, 2.05) is 60.7 Å². The highest BCUT2D eigenvalue weighted by atomic mass is 32.2. The Labute approximate surface area is 219 Å². The Bertz CT molecular complexity index is 1200. The van der Waals surface area contributed by atoms with E-state index in [0.29, 0.717) is 23.7 Å². The van der Waals surface area contributed by atoms with Crippen molar-refractivity contribution in [3.8, 4) is 5.75 Å². The minimum absolute atomic E-state index is 0.111. The van der Waals surface area contributed by atoms with Crippen LogP contribution in [0.3, 0.4) is 0 Å². The van der Waals surface area contributed by atoms with E-state index in [2.05, 4.69) is 0 Å². The van der Waals surface area contributed by atoms with Crippen LogP contribution in [0.25, 0.3) is 0 Å². The maximum absolute atomic E-state index is 13.5. The number of aliphatic carboxylic acids is 1. The van der Waals surface area contributed by atoms with E-state index >= 15 is 0 Å². The zero-order valence-corrected chi connectivity index (χ0v) is 21.4. The smallest absolute Gasteiger partial charge is 0.327 e. The van der Waals surface area contributed by atoms with Gasteiger partial charge in [0, 0.05) is 23.0 Å². The first kappa shape index (κ1) is 25.9. The summed E-state index contributed by atoms with van der Waals surface area (Å²) in [6, 6.07) is 25.2. The number of hydrogen-bond acceptors (Lipinski definition) is 6. The summed E-state index contributed by atoms with van der Waals surface area (Å²) in [6.07, 6.45) is 0. The standard InChI is InChI=1S/C28H27NO5S2/c1-19(17-36-28(33)21-11-6-3-7-12-21)25(30)29-24(27(31)32)18-35-26(29)22-13-8-14-23(15-22)34-16-20-9-4-2-5-10-20/h2-15,19,24,26H,16-18H2,1H3,(H,31,32)/t19-,24+,26?/m1/s1. The number of hydrogen-bond donors (Lipinski definition) is 1. The first-order valence-electron chi connectivity index (χ1n) is 11.6. The Morgan fingerprint density at radius 1 is 1.03 bits per heavy atom. The number of carbonyl (C=O) groups is 3. The van der Waals surface area contributed by atoms with Gasteiger partial charge in [0.05, 0.1) is 0 Å². The Kier molecular flexibility index (Phi) is 8.72. The summed E-state index contributed by atoms with van der Waals surface area (Å²) in [5.41, 5.74) is 2.42. The molecule has 1 N–H and O–H groups in total. The number of thioether (sulfide) groups is 2. The molecule has 36 heavy (non-hydrogen) atoms. The van der Waals surface area contributed by atoms with Crippen molar-refractivity contribution in [1.82, 2.24) is 4.90 Å². The summed E-state index contributed by atoms with van der Waals surface area (Å²) in [7, 11) is 0. The molecule has 3 aromatic carbocycles. The second-order valence-electron chi connectivity index (χ2n) is 8.50. The normalized spacial score (nSPS) is 18.0. The molecule has 186 valence electrons. The number of benzene rings is 3. The summed E-state index contributed by atoms with van der Waals surface area (Å²) in [5, 5.41) is 9.26. The van der Waals surface area contributed by atoms with Crippen molar-refractivity contribution >= 4 is 40.5 Å². The van der Waals surface area contributed by atoms with Crippen LogP contribution in [0, 0.1) is 5.92 Å². The van der Waals surface area contributed by atoms with E-state index in [-0.39, 0.29) is 16.8 Å². The fourth-order valence-electron chi connectivity index (χ4n) is 3.91. The maximum atomic E-state index is 13.5. The van der Waals surface area contributed by atoms with Gasteiger partial charge in [-0.05, 0) is 23.3 Å². The molecule has 0 saturated carbocycles. The van der Waals surface area contributed by atoms with Crippen LogP contribution in [0.15, 0.2) is 84.9 Å². The van der Waals surface area contributed by atoms with Gasteiger partial charge in [0.15, 0.2) is 0 Å². The van der Waals surface area contributed by atoms with Crippen LogP contribution in [0.1, 0.15) is 33.8 Å². The number of ether oxygens (including phenoxy) is 1. The summed E-state index contributed by atoms with van der Waals surface area (Å²) in [5.74, 6) is -0.615. The molecule has 0 aliphatic carbocycles. The van der Waals surface area contributed by atoms with Crippen molar-refractivity contribution < 1.29 is 24.2 Å². The zero-order chi connectivity index (χ0) is 25.5. The lowest BCUT2D eigenvalue weighted by atomic mass is 10.1. The van der Waals surface area contributed by atoms with Crippen molar-refractivity contribution in [3.05, 3.63) is 102 Å². The Morgan fingerprint density at radius 2 is 1.72 bits per heavy atom. The van der Waals surface area contributed by atoms with E-state index in [0.717, 1.165) is 22.9 Å². The first-order chi connectivity index (χ1) is 17.4. The van der Waals surface area contributed by atoms with Gasteiger partial charge >= 0.3 is 5.97 Å². The highest BCUT2D eigenvalue weighted by Gasteiger charge is 2.43. The maximum Gasteiger partial charge on any atom is 0.327 e. The van der Waals surface area contributed by atoms with Crippen LogP contribution in [0.5, 0.6) is 5.75 Å². The van der Waals surface area contributed by atoms with Gasteiger partial charge in [0.25, 0.3) is 0 Å². The molecule has 1 aliphatic heterocycles. The summed E-state index contributed by atoms with van der Waals surface area (Å²) in [4.78, 5) is 39.4. The van der Waals surface area contributed by atoms with Crippen molar-refractivity contribution in [2.45, 2.75) is 24.9 Å². The highest BCUT2D eigenvalue weighted by molar-refractivity contribution is 8.14. The number of carboxylic acid groups (broad SMARTS) is 1. The van der Waals surface area contributed by atoms with E-state index in [9.17, 15) is 19.5 Å². The largest absolute Gasteiger partial charge is 0.489 e. The lowest BCUT2D eigenvalue weighted by molar-refractivity contribution is -0.150. The molecule has 1 saturated heterocycles. The fraction of sp³-hybridized carbons (Fsp3) is 0.250. The molecule has 6 nitrogen and oxygen atoms in total. The number of amides is 1. The average molecular weight is 522 g/mol. The molecule has 1 unspecified atom stereocenters. The molecule has 4 rings (SSSR count). The summed E-state index contributed by atoms with van der Waals surface area (Å²) < 4.78 is 5.95. The fourth-order valence-corrected chi connectivity index (χ4v) is 6.17. The second-order valence-corrected chi connectivity index (χ2v) is 10.6. The van der Waals surface area contributed by atoms with Gasteiger partial charge in [-0.25, -0.2) is 4.79 Å². The molecule has 0 aromatic heterocycles. The van der Waals surface area contributed by atoms with Crippen molar-refractivity contribution in [1.29, 1.82) is 0 Å². The van der Waals surface area contributed by atoms with Crippen LogP contribution in [0.4, 0.5) is 0 Å². The van der Waals surface area contributed by atoms with Gasteiger partial charge in [-0.3, -0.25) is 9.59 Å². The minimum Gasteiger partial charge on any atom is -0.489 e. The van der Waals surface area contributed by atoms with E-state index in [1.165, 1.54) is 16.7 Å². The molecular weight excluding hydrogens is 494 g/mol. The van der Waals surface area contributed by atoms with Crippen LogP contribution in [-0.2, 0) is 16.2 Å². The number of carbonyl (C=O) groups excluding carboxylic acids is 2. The van der Waals surface area contributed by atoms with Crippen LogP contribution in [0.2, 0.25) is 0 Å². The van der Waals surface area contributed by atoms with Gasteiger partial charge in [-0.1, -0.05) is 91.5 Å². The zero-order valence-electron chi connectivity index (χ0n) is 19.8. The topological polar surface area (TPSA) is 83.9 Å². The van der Waals surface area contributed by atoms with Gasteiger partial charge in [-0.2, -0.15) is 0 Å². The monoisotopic (exact) mass is 521 g/mol. The molecule has 0 radical (unpaired) electrons. The molecule has 3 aromatic rings. The quantitative estimate of drug-likeness (QED) is 0.398. The van der Waals surface area contributed by atoms with Gasteiger partial charge in [0.1, 0.15) is 23.8 Å². The predicted molar refractivity (Wildman–Crippen MR) is 143 cm³/mol. The summed E-state index contributed by atoms with van der Waals surface area (Å²) >= 11 is 2.50. The summed E-state index contributed by atoms with van der Waals surface area (Å²) in [6.45, 7) is 2.15. The molecule has 0 spiro atoms.